The van der Waals surface area contributed by atoms with E-state index >= 15 is 0 Å². The van der Waals surface area contributed by atoms with Crippen LogP contribution in [0.2, 0.25) is 0 Å². The van der Waals surface area contributed by atoms with Crippen molar-refractivity contribution < 1.29 is 23.9 Å². The molecule has 8 heteroatoms. The average Bonchev–Trinajstić information content (AvgIpc) is 2.70. The fourth-order valence-corrected chi connectivity index (χ4v) is 3.19. The lowest BCUT2D eigenvalue weighted by molar-refractivity contribution is -0.149. The lowest BCUT2D eigenvalue weighted by Crippen LogP contribution is -2.24. The van der Waals surface area contributed by atoms with E-state index in [0.29, 0.717) is 16.3 Å². The van der Waals surface area contributed by atoms with E-state index in [0.717, 1.165) is 5.56 Å². The summed E-state index contributed by atoms with van der Waals surface area (Å²) in [7, 11) is 0. The highest BCUT2D eigenvalue weighted by Crippen LogP contribution is 2.27. The normalized spacial score (nSPS) is 10.4. The van der Waals surface area contributed by atoms with Crippen LogP contribution in [0.15, 0.2) is 53.4 Å². The molecule has 29 heavy (non-hydrogen) atoms. The molecule has 154 valence electrons. The largest absolute Gasteiger partial charge is 0.482 e. The van der Waals surface area contributed by atoms with Gasteiger partial charge in [0.15, 0.2) is 13.2 Å². The number of nitrogens with one attached hydrogen (secondary N) is 1. The second kappa shape index (κ2) is 11.1. The minimum absolute atomic E-state index is 0.0943. The van der Waals surface area contributed by atoms with E-state index in [-0.39, 0.29) is 18.3 Å². The molecule has 0 saturated carbocycles. The molecule has 0 atom stereocenters. The van der Waals surface area contributed by atoms with Gasteiger partial charge in [0, 0.05) is 4.90 Å². The van der Waals surface area contributed by atoms with Crippen LogP contribution in [0.3, 0.4) is 0 Å². The number of carbonyl (C=O) groups is 3. The number of nitrogens with two attached hydrogens (primary N) is 1. The molecule has 2 aromatic rings. The van der Waals surface area contributed by atoms with Gasteiger partial charge in [-0.05, 0) is 29.7 Å². The zero-order valence-corrected chi connectivity index (χ0v) is 17.2. The number of para-hydroxylation sites is 2. The van der Waals surface area contributed by atoms with Gasteiger partial charge in [-0.3, -0.25) is 9.59 Å². The van der Waals surface area contributed by atoms with Gasteiger partial charge in [-0.25, -0.2) is 4.79 Å². The Morgan fingerprint density at radius 2 is 1.72 bits per heavy atom. The Morgan fingerprint density at radius 1 is 1.03 bits per heavy atom. The van der Waals surface area contributed by atoms with Crippen LogP contribution in [-0.2, 0) is 19.1 Å². The highest BCUT2D eigenvalue weighted by molar-refractivity contribution is 8.00. The SMILES string of the molecule is CC(C)c1ccccc1OCC(=O)OCC(=O)Nc1ccccc1SCC(N)=O. The third-order valence-electron chi connectivity index (χ3n) is 3.78. The quantitative estimate of drug-likeness (QED) is 0.455. The van der Waals surface area contributed by atoms with Crippen molar-refractivity contribution in [2.24, 2.45) is 5.73 Å². The monoisotopic (exact) mass is 416 g/mol. The molecule has 2 rings (SSSR count). The van der Waals surface area contributed by atoms with Crippen molar-refractivity contribution in [3.05, 3.63) is 54.1 Å². The van der Waals surface area contributed by atoms with Gasteiger partial charge in [0.2, 0.25) is 5.91 Å². The Labute approximate surface area is 173 Å². The number of carbonyl (C=O) groups excluding carboxylic acids is 3. The molecule has 0 saturated heterocycles. The lowest BCUT2D eigenvalue weighted by Gasteiger charge is -2.13. The molecule has 3 N–H and O–H groups in total. The Bertz CT molecular complexity index is 870. The summed E-state index contributed by atoms with van der Waals surface area (Å²) in [6.07, 6.45) is 0. The van der Waals surface area contributed by atoms with Gasteiger partial charge in [-0.1, -0.05) is 44.2 Å². The van der Waals surface area contributed by atoms with Crippen molar-refractivity contribution in [3.8, 4) is 5.75 Å². The maximum atomic E-state index is 12.1. The van der Waals surface area contributed by atoms with Gasteiger partial charge in [-0.15, -0.1) is 11.8 Å². The van der Waals surface area contributed by atoms with E-state index in [2.05, 4.69) is 5.32 Å². The van der Waals surface area contributed by atoms with Crippen molar-refractivity contribution in [2.75, 3.05) is 24.3 Å². The molecular formula is C21H24N2O5S. The predicted molar refractivity (Wildman–Crippen MR) is 112 cm³/mol. The lowest BCUT2D eigenvalue weighted by atomic mass is 10.0. The number of hydrogen-bond acceptors (Lipinski definition) is 6. The number of esters is 1. The van der Waals surface area contributed by atoms with Crippen LogP contribution >= 0.6 is 11.8 Å². The summed E-state index contributed by atoms with van der Waals surface area (Å²) in [5.41, 5.74) is 6.66. The number of anilines is 1. The molecule has 0 unspecified atom stereocenters. The van der Waals surface area contributed by atoms with Gasteiger partial charge in [0.05, 0.1) is 11.4 Å². The zero-order valence-electron chi connectivity index (χ0n) is 16.3. The Morgan fingerprint density at radius 3 is 2.45 bits per heavy atom. The molecule has 0 fully saturated rings. The molecule has 0 aliphatic rings. The molecule has 0 aromatic heterocycles. The molecule has 0 spiro atoms. The first-order valence-corrected chi connectivity index (χ1v) is 10.0. The summed E-state index contributed by atoms with van der Waals surface area (Å²) in [5, 5.41) is 2.66. The van der Waals surface area contributed by atoms with Crippen LogP contribution in [0, 0.1) is 0 Å². The van der Waals surface area contributed by atoms with Crippen molar-refractivity contribution in [2.45, 2.75) is 24.7 Å². The summed E-state index contributed by atoms with van der Waals surface area (Å²) < 4.78 is 10.5. The molecule has 7 nitrogen and oxygen atoms in total. The highest BCUT2D eigenvalue weighted by Gasteiger charge is 2.13. The number of benzene rings is 2. The number of thioether (sulfide) groups is 1. The molecule has 0 radical (unpaired) electrons. The minimum atomic E-state index is -0.643. The average molecular weight is 416 g/mol. The summed E-state index contributed by atoms with van der Waals surface area (Å²) in [5.74, 6) is -0.631. The van der Waals surface area contributed by atoms with Crippen LogP contribution in [0.4, 0.5) is 5.69 Å². The second-order valence-electron chi connectivity index (χ2n) is 6.44. The van der Waals surface area contributed by atoms with Crippen LogP contribution < -0.4 is 15.8 Å². The van der Waals surface area contributed by atoms with Gasteiger partial charge < -0.3 is 20.5 Å². The summed E-state index contributed by atoms with van der Waals surface area (Å²) in [4.78, 5) is 35.7. The Kier molecular flexibility index (Phi) is 8.54. The van der Waals surface area contributed by atoms with Gasteiger partial charge in [0.1, 0.15) is 5.75 Å². The molecule has 0 aliphatic carbocycles. The number of amides is 2. The van der Waals surface area contributed by atoms with E-state index in [9.17, 15) is 14.4 Å². The van der Waals surface area contributed by atoms with E-state index in [1.165, 1.54) is 11.8 Å². The molecule has 2 aromatic carbocycles. The van der Waals surface area contributed by atoms with Gasteiger partial charge in [0.25, 0.3) is 5.91 Å². The number of primary amides is 1. The molecule has 2 amide bonds. The molecule has 0 bridgehead atoms. The maximum absolute atomic E-state index is 12.1. The van der Waals surface area contributed by atoms with Crippen molar-refractivity contribution in [1.82, 2.24) is 0 Å². The third kappa shape index (κ3) is 7.50. The van der Waals surface area contributed by atoms with Crippen molar-refractivity contribution >= 4 is 35.2 Å². The smallest absolute Gasteiger partial charge is 0.344 e. The maximum Gasteiger partial charge on any atom is 0.344 e. The van der Waals surface area contributed by atoms with E-state index in [1.54, 1.807) is 30.3 Å². The van der Waals surface area contributed by atoms with Crippen molar-refractivity contribution in [3.63, 3.8) is 0 Å². The van der Waals surface area contributed by atoms with Gasteiger partial charge >= 0.3 is 5.97 Å². The first-order chi connectivity index (χ1) is 13.9. The topological polar surface area (TPSA) is 108 Å². The first-order valence-electron chi connectivity index (χ1n) is 9.04. The molecular weight excluding hydrogens is 392 g/mol. The Balaban J connectivity index is 1.82. The fourth-order valence-electron chi connectivity index (χ4n) is 2.44. The van der Waals surface area contributed by atoms with Crippen LogP contribution in [0.25, 0.3) is 0 Å². The standard InChI is InChI=1S/C21H24N2O5S/c1-14(2)15-7-3-5-9-17(15)27-12-21(26)28-11-20(25)23-16-8-4-6-10-18(16)29-13-19(22)24/h3-10,14H,11-13H2,1-2H3,(H2,22,24)(H,23,25). The minimum Gasteiger partial charge on any atom is -0.482 e. The van der Waals surface area contributed by atoms with E-state index in [1.807, 2.05) is 32.0 Å². The Hall–Kier alpha value is -3.00. The van der Waals surface area contributed by atoms with Crippen molar-refractivity contribution in [1.29, 1.82) is 0 Å². The van der Waals surface area contributed by atoms with E-state index < -0.39 is 24.4 Å². The summed E-state index contributed by atoms with van der Waals surface area (Å²) >= 11 is 1.21. The fraction of sp³-hybridized carbons (Fsp3) is 0.286. The van der Waals surface area contributed by atoms with E-state index in [4.69, 9.17) is 15.2 Å². The number of rotatable bonds is 10. The molecule has 0 aliphatic heterocycles. The summed E-state index contributed by atoms with van der Waals surface area (Å²) in [6.45, 7) is 3.33. The van der Waals surface area contributed by atoms with Crippen LogP contribution in [0.1, 0.15) is 25.3 Å². The highest BCUT2D eigenvalue weighted by atomic mass is 32.2. The van der Waals surface area contributed by atoms with Gasteiger partial charge in [-0.2, -0.15) is 0 Å². The number of hydrogen-bond donors (Lipinski definition) is 2. The van der Waals surface area contributed by atoms with Crippen LogP contribution in [0.5, 0.6) is 5.75 Å². The third-order valence-corrected chi connectivity index (χ3v) is 4.88. The zero-order chi connectivity index (χ0) is 21.2. The second-order valence-corrected chi connectivity index (χ2v) is 7.46. The molecule has 0 heterocycles. The van der Waals surface area contributed by atoms with Crippen LogP contribution in [-0.4, -0.2) is 36.8 Å². The summed E-state index contributed by atoms with van der Waals surface area (Å²) in [6, 6.07) is 14.4. The number of ether oxygens (including phenoxy) is 2. The predicted octanol–water partition coefficient (Wildman–Crippen LogP) is 2.95. The first kappa shape index (κ1) is 22.3.